The third-order valence-corrected chi connectivity index (χ3v) is 15.9. The van der Waals surface area contributed by atoms with Crippen molar-refractivity contribution in [2.45, 2.75) is 55.7 Å². The largest absolute Gasteiger partial charge is 1.00 e. The van der Waals surface area contributed by atoms with Gasteiger partial charge in [0, 0.05) is 0 Å². The standard InChI is InChI=1S/C29H27.C2H6Si.2ClH.Zr/c1-2-3-4-5-11-21-18-22-13-10-17-27(28(22)19-21)29-20-23-12-6-7-14-24(23)25-15-8-9-16-26(25)29;1-3-2;;;/h6-10,12-20H,2-5,11H2,1H3;1-2H3;2*1H;/q;;;;+2/p-2. The van der Waals surface area contributed by atoms with Crippen LogP contribution in [-0.2, 0) is 22.4 Å². The quantitative estimate of drug-likeness (QED) is 0.167. The summed E-state index contributed by atoms with van der Waals surface area (Å²) in [7, 11) is 0. The second-order valence-corrected chi connectivity index (χ2v) is 22.8. The van der Waals surface area contributed by atoms with Gasteiger partial charge in [0.1, 0.15) is 0 Å². The number of hydrogen-bond donors (Lipinski definition) is 0. The van der Waals surface area contributed by atoms with Crippen LogP contribution in [0.25, 0.3) is 38.7 Å². The van der Waals surface area contributed by atoms with Crippen LogP contribution in [0.15, 0.2) is 78.4 Å². The van der Waals surface area contributed by atoms with E-state index in [1.165, 1.54) is 70.3 Å². The van der Waals surface area contributed by atoms with E-state index in [9.17, 15) is 0 Å². The molecular formula is C31H33Cl2SiZr. The summed E-state index contributed by atoms with van der Waals surface area (Å²) in [5.41, 5.74) is 7.76. The van der Waals surface area contributed by atoms with E-state index < -0.39 is 22.4 Å². The van der Waals surface area contributed by atoms with Gasteiger partial charge in [0.25, 0.3) is 0 Å². The van der Waals surface area contributed by atoms with Gasteiger partial charge >= 0.3 is 212 Å². The van der Waals surface area contributed by atoms with Crippen molar-refractivity contribution in [3.05, 3.63) is 89.5 Å². The first-order valence-corrected chi connectivity index (χ1v) is 20.1. The Labute approximate surface area is 235 Å². The Balaban J connectivity index is 0.00000171. The van der Waals surface area contributed by atoms with Crippen molar-refractivity contribution < 1.29 is 47.2 Å². The molecule has 1 unspecified atom stereocenters. The summed E-state index contributed by atoms with van der Waals surface area (Å²) in [4.78, 5) is 0. The molecule has 1 aliphatic rings. The predicted octanol–water partition coefficient (Wildman–Crippen LogP) is 3.41. The zero-order valence-electron chi connectivity index (χ0n) is 20.9. The number of allylic oxidation sites excluding steroid dienone is 1. The molecule has 4 heteroatoms. The van der Waals surface area contributed by atoms with Gasteiger partial charge < -0.3 is 24.8 Å². The van der Waals surface area contributed by atoms with Crippen LogP contribution in [0.1, 0.15) is 53.8 Å². The fourth-order valence-electron chi connectivity index (χ4n) is 5.41. The van der Waals surface area contributed by atoms with E-state index in [2.05, 4.69) is 98.9 Å². The Kier molecular flexibility index (Phi) is 10.4. The van der Waals surface area contributed by atoms with Crippen molar-refractivity contribution in [3.63, 3.8) is 0 Å². The van der Waals surface area contributed by atoms with E-state index in [1.54, 1.807) is 11.1 Å². The monoisotopic (exact) mass is 593 g/mol. The predicted molar refractivity (Wildman–Crippen MR) is 144 cm³/mol. The van der Waals surface area contributed by atoms with E-state index in [0.29, 0.717) is 0 Å². The van der Waals surface area contributed by atoms with Crippen molar-refractivity contribution in [2.75, 3.05) is 0 Å². The van der Waals surface area contributed by atoms with Gasteiger partial charge in [0.15, 0.2) is 0 Å². The molecule has 0 aromatic heterocycles. The Morgan fingerprint density at radius 3 is 2.20 bits per heavy atom. The van der Waals surface area contributed by atoms with Crippen molar-refractivity contribution >= 4 is 33.5 Å². The summed E-state index contributed by atoms with van der Waals surface area (Å²) in [5, 5.41) is 5.44. The molecule has 0 heterocycles. The summed E-state index contributed by atoms with van der Waals surface area (Å²) < 4.78 is 0.792. The maximum Gasteiger partial charge on any atom is -1.00 e. The minimum atomic E-state index is -0.436. The maximum absolute atomic E-state index is 2.62. The fourth-order valence-corrected chi connectivity index (χ4v) is 14.3. The van der Waals surface area contributed by atoms with Crippen LogP contribution in [0.4, 0.5) is 0 Å². The van der Waals surface area contributed by atoms with Crippen LogP contribution in [0.5, 0.6) is 0 Å². The molecule has 0 fully saturated rings. The normalized spacial score (nSPS) is 14.3. The van der Waals surface area contributed by atoms with Gasteiger partial charge in [-0.05, 0) is 0 Å². The first kappa shape index (κ1) is 28.4. The van der Waals surface area contributed by atoms with Crippen molar-refractivity contribution in [2.24, 2.45) is 0 Å². The molecule has 35 heavy (non-hydrogen) atoms. The van der Waals surface area contributed by atoms with Crippen molar-refractivity contribution in [1.82, 2.24) is 0 Å². The number of benzene rings is 4. The number of rotatable bonds is 8. The summed E-state index contributed by atoms with van der Waals surface area (Å²) in [6, 6.07) is 27.4. The third-order valence-electron chi connectivity index (χ3n) is 6.96. The van der Waals surface area contributed by atoms with Crippen LogP contribution < -0.4 is 24.8 Å². The van der Waals surface area contributed by atoms with Gasteiger partial charge in [0.2, 0.25) is 0 Å². The molecular weight excluding hydrogens is 563 g/mol. The molecule has 0 nitrogen and oxygen atoms in total. The third kappa shape index (κ3) is 5.88. The topological polar surface area (TPSA) is 0 Å². The molecule has 0 saturated heterocycles. The number of unbranched alkanes of at least 4 members (excludes halogenated alkanes) is 3. The maximum atomic E-state index is 2.62. The molecule has 0 bridgehead atoms. The molecule has 0 saturated carbocycles. The summed E-state index contributed by atoms with van der Waals surface area (Å²) in [6.07, 6.45) is 9.34. The molecule has 1 atom stereocenters. The minimum Gasteiger partial charge on any atom is -1.00 e. The van der Waals surface area contributed by atoms with Crippen LogP contribution in [0.2, 0.25) is 13.1 Å². The van der Waals surface area contributed by atoms with E-state index in [0.717, 1.165) is 3.63 Å². The minimum absolute atomic E-state index is 0. The van der Waals surface area contributed by atoms with Crippen molar-refractivity contribution in [3.8, 4) is 11.1 Å². The van der Waals surface area contributed by atoms with Gasteiger partial charge in [-0.1, -0.05) is 0 Å². The van der Waals surface area contributed by atoms with Crippen LogP contribution in [0, 0.1) is 0 Å². The van der Waals surface area contributed by atoms with Gasteiger partial charge in [-0.2, -0.15) is 0 Å². The number of halogens is 2. The first-order chi connectivity index (χ1) is 16.2. The van der Waals surface area contributed by atoms with E-state index in [-0.39, 0.29) is 30.7 Å². The van der Waals surface area contributed by atoms with E-state index in [4.69, 9.17) is 0 Å². The SMILES string of the molecule is CCCCCCC1=Cc2c(-c3cc4ccccc4c4ccccc34)cccc2[CH]1[Zr+2][Si](C)C.[Cl-].[Cl-]. The Hall–Kier alpha value is -1.18. The molecule has 4 aromatic carbocycles. The zero-order valence-corrected chi connectivity index (χ0v) is 25.8. The summed E-state index contributed by atoms with van der Waals surface area (Å²) in [5.74, 6) is -0.137. The number of hydrogen-bond acceptors (Lipinski definition) is 0. The van der Waals surface area contributed by atoms with Gasteiger partial charge in [-0.3, -0.25) is 0 Å². The summed E-state index contributed by atoms with van der Waals surface area (Å²) >= 11 is -0.436. The second-order valence-electron chi connectivity index (χ2n) is 9.61. The van der Waals surface area contributed by atoms with Crippen molar-refractivity contribution in [1.29, 1.82) is 0 Å². The molecule has 4 aromatic rings. The molecule has 1 radical (unpaired) electrons. The molecule has 5 rings (SSSR count). The molecule has 0 aliphatic heterocycles. The molecule has 0 N–H and O–H groups in total. The average molecular weight is 596 g/mol. The second kappa shape index (κ2) is 12.9. The van der Waals surface area contributed by atoms with Gasteiger partial charge in [-0.25, -0.2) is 0 Å². The first-order valence-electron chi connectivity index (χ1n) is 12.5. The molecule has 179 valence electrons. The Morgan fingerprint density at radius 1 is 0.743 bits per heavy atom. The van der Waals surface area contributed by atoms with Crippen LogP contribution >= 0.6 is 0 Å². The molecule has 0 amide bonds. The Bertz CT molecular complexity index is 1330. The fraction of sp³-hybridized carbons (Fsp3) is 0.290. The van der Waals surface area contributed by atoms with Gasteiger partial charge in [0.05, 0.1) is 0 Å². The Morgan fingerprint density at radius 2 is 1.46 bits per heavy atom. The average Bonchev–Trinajstić information content (AvgIpc) is 3.18. The smallest absolute Gasteiger partial charge is 1.00 e. The van der Waals surface area contributed by atoms with Crippen LogP contribution in [0.3, 0.4) is 0 Å². The molecule has 1 aliphatic carbocycles. The van der Waals surface area contributed by atoms with E-state index in [1.807, 2.05) is 0 Å². The zero-order chi connectivity index (χ0) is 22.8. The van der Waals surface area contributed by atoms with E-state index >= 15 is 0 Å². The number of fused-ring (bicyclic) bond motifs is 4. The molecule has 0 spiro atoms. The van der Waals surface area contributed by atoms with Gasteiger partial charge in [-0.15, -0.1) is 0 Å². The van der Waals surface area contributed by atoms with Crippen LogP contribution in [-0.4, -0.2) is 5.92 Å². The summed E-state index contributed by atoms with van der Waals surface area (Å²) in [6.45, 7) is 7.40.